The van der Waals surface area contributed by atoms with E-state index in [2.05, 4.69) is 27.5 Å². The number of hydrogen-bond donors (Lipinski definition) is 4. The van der Waals surface area contributed by atoms with Crippen LogP contribution in [0.1, 0.15) is 85.0 Å². The maximum absolute atomic E-state index is 14.6. The van der Waals surface area contributed by atoms with Crippen LogP contribution in [0.25, 0.3) is 22.3 Å². The summed E-state index contributed by atoms with van der Waals surface area (Å²) >= 11 is 1.29. The van der Waals surface area contributed by atoms with Gasteiger partial charge in [-0.1, -0.05) is 39.7 Å². The molecule has 0 unspecified atom stereocenters. The molecule has 3 aromatic rings. The van der Waals surface area contributed by atoms with E-state index in [1.165, 1.54) is 22.3 Å². The van der Waals surface area contributed by atoms with E-state index in [1.54, 1.807) is 46.1 Å². The molecule has 58 heavy (non-hydrogen) atoms. The van der Waals surface area contributed by atoms with Crippen molar-refractivity contribution in [3.05, 3.63) is 42.3 Å². The highest BCUT2D eigenvalue weighted by Crippen LogP contribution is 2.45. The van der Waals surface area contributed by atoms with E-state index in [-0.39, 0.29) is 31.4 Å². The zero-order valence-electron chi connectivity index (χ0n) is 33.4. The van der Waals surface area contributed by atoms with Gasteiger partial charge in [0.2, 0.25) is 17.7 Å². The molecule has 0 bridgehead atoms. The summed E-state index contributed by atoms with van der Waals surface area (Å²) in [5.41, 5.74) is -0.790. The summed E-state index contributed by atoms with van der Waals surface area (Å²) in [6.07, 6.45) is 7.39. The lowest BCUT2D eigenvalue weighted by Gasteiger charge is -2.36. The quantitative estimate of drug-likeness (QED) is 0.138. The van der Waals surface area contributed by atoms with E-state index in [0.717, 1.165) is 44.9 Å². The summed E-state index contributed by atoms with van der Waals surface area (Å²) in [7, 11) is 1.55. The molecule has 7 rings (SSSR count). The number of aliphatic carboxylic acids is 1. The van der Waals surface area contributed by atoms with Crippen LogP contribution in [-0.4, -0.2) is 93.2 Å². The van der Waals surface area contributed by atoms with E-state index in [9.17, 15) is 29.1 Å². The third kappa shape index (κ3) is 8.76. The number of nitrogens with one attached hydrogen (secondary N) is 3. The Bertz CT molecular complexity index is 2090. The standard InChI is InChI=1S/C42H52N6O9S/c1-6-24-20-42(24,38(52)53)47-36(50)32-18-27(21-48(32)37(51)35(41(2,3)4)46-40(54)57-25-12-9-13-25)56-33-19-30(43-29-17-26(55-5)14-15-28(29)33)31-22-58-39(44-31)45-34(49)16-23-10-7-8-11-23/h6,14-15,17,19,22-25,27,32,35H,1,7-13,16,18,20-21H2,2-5H3,(H,46,54)(H,47,50)(H,52,53)(H,44,45,49)/t24-,27-,32+,35-,42-/m1/s1. The number of fused-ring (bicyclic) bond motifs is 1. The van der Waals surface area contributed by atoms with Gasteiger partial charge < -0.3 is 40.2 Å². The average Bonchev–Trinajstić information content (AvgIpc) is 3.57. The van der Waals surface area contributed by atoms with Crippen LogP contribution in [0.4, 0.5) is 9.93 Å². The number of alkyl carbamates (subject to hydrolysis) is 1. The minimum absolute atomic E-state index is 0.0264. The van der Waals surface area contributed by atoms with Crippen molar-refractivity contribution >= 4 is 57.2 Å². The number of hydrogen-bond acceptors (Lipinski definition) is 11. The van der Waals surface area contributed by atoms with Gasteiger partial charge in [-0.3, -0.25) is 14.4 Å². The number of amides is 4. The van der Waals surface area contributed by atoms with Crippen molar-refractivity contribution in [1.82, 2.24) is 25.5 Å². The number of nitrogens with zero attached hydrogens (tertiary/aromatic N) is 3. The molecule has 1 aromatic carbocycles. The van der Waals surface area contributed by atoms with Crippen molar-refractivity contribution in [2.75, 3.05) is 19.0 Å². The Kier molecular flexibility index (Phi) is 11.7. The molecule has 3 aliphatic carbocycles. The summed E-state index contributed by atoms with van der Waals surface area (Å²) in [4.78, 5) is 77.8. The number of anilines is 1. The Morgan fingerprint density at radius 2 is 1.81 bits per heavy atom. The number of methoxy groups -OCH3 is 1. The largest absolute Gasteiger partial charge is 0.497 e. The molecule has 4 N–H and O–H groups in total. The summed E-state index contributed by atoms with van der Waals surface area (Å²) in [6, 6.07) is 4.88. The van der Waals surface area contributed by atoms with E-state index >= 15 is 0 Å². The first-order valence-corrected chi connectivity index (χ1v) is 20.9. The van der Waals surface area contributed by atoms with Crippen LogP contribution >= 0.6 is 11.3 Å². The van der Waals surface area contributed by atoms with Crippen molar-refractivity contribution in [3.63, 3.8) is 0 Å². The minimum Gasteiger partial charge on any atom is -0.497 e. The number of ether oxygens (including phenoxy) is 3. The average molecular weight is 817 g/mol. The lowest BCUT2D eigenvalue weighted by molar-refractivity contribution is -0.146. The molecule has 0 spiro atoms. The molecule has 310 valence electrons. The highest BCUT2D eigenvalue weighted by Gasteiger charge is 2.61. The second-order valence-corrected chi connectivity index (χ2v) is 17.9. The predicted octanol–water partition coefficient (Wildman–Crippen LogP) is 6.07. The first-order valence-electron chi connectivity index (χ1n) is 20.0. The number of carboxylic acid groups (broad SMARTS) is 1. The Morgan fingerprint density at radius 1 is 1.05 bits per heavy atom. The molecular weight excluding hydrogens is 765 g/mol. The topological polar surface area (TPSA) is 198 Å². The number of carboxylic acids is 1. The SMILES string of the molecule is C=C[C@@H]1C[C@]1(NC(=O)[C@@H]1C[C@@H](Oc2cc(-c3csc(NC(=O)CC4CCCC4)n3)nc3cc(OC)ccc23)CN1C(=O)[C@@H](NC(=O)OC1CCC1)C(C)(C)C)C(=O)O. The molecule has 15 nitrogen and oxygen atoms in total. The molecule has 5 atom stereocenters. The number of aromatic nitrogens is 2. The predicted molar refractivity (Wildman–Crippen MR) is 216 cm³/mol. The van der Waals surface area contributed by atoms with Crippen molar-refractivity contribution in [2.45, 2.75) is 115 Å². The van der Waals surface area contributed by atoms with Gasteiger partial charge in [0.25, 0.3) is 0 Å². The Hall–Kier alpha value is -5.25. The highest BCUT2D eigenvalue weighted by molar-refractivity contribution is 7.14. The first kappa shape index (κ1) is 40.9. The molecule has 2 aromatic heterocycles. The van der Waals surface area contributed by atoms with Crippen LogP contribution in [-0.2, 0) is 23.9 Å². The van der Waals surface area contributed by atoms with Crippen LogP contribution < -0.4 is 25.4 Å². The number of thiazole rings is 1. The number of carbonyl (C=O) groups excluding carboxylic acids is 4. The Morgan fingerprint density at radius 3 is 2.45 bits per heavy atom. The van der Waals surface area contributed by atoms with Gasteiger partial charge in [0.15, 0.2) is 5.13 Å². The monoisotopic (exact) mass is 816 g/mol. The van der Waals surface area contributed by atoms with Crippen LogP contribution in [0.15, 0.2) is 42.3 Å². The molecule has 1 aliphatic heterocycles. The smallest absolute Gasteiger partial charge is 0.408 e. The molecule has 4 fully saturated rings. The van der Waals surface area contributed by atoms with Crippen LogP contribution in [0.3, 0.4) is 0 Å². The van der Waals surface area contributed by atoms with Gasteiger partial charge in [0, 0.05) is 41.7 Å². The first-order chi connectivity index (χ1) is 27.7. The fourth-order valence-electron chi connectivity index (χ4n) is 8.11. The highest BCUT2D eigenvalue weighted by atomic mass is 32.1. The molecule has 1 saturated heterocycles. The van der Waals surface area contributed by atoms with E-state index < -0.39 is 58.9 Å². The van der Waals surface area contributed by atoms with Crippen molar-refractivity contribution < 1.29 is 43.3 Å². The maximum Gasteiger partial charge on any atom is 0.408 e. The van der Waals surface area contributed by atoms with Crippen molar-refractivity contribution in [1.29, 1.82) is 0 Å². The fraction of sp³-hybridized carbons (Fsp3) is 0.548. The number of likely N-dealkylation sites (tertiary alicyclic amines) is 1. The van der Waals surface area contributed by atoms with Crippen LogP contribution in [0.5, 0.6) is 11.5 Å². The molecular formula is C42H52N6O9S. The lowest BCUT2D eigenvalue weighted by atomic mass is 9.85. The van der Waals surface area contributed by atoms with Crippen LogP contribution in [0, 0.1) is 17.3 Å². The molecule has 16 heteroatoms. The van der Waals surface area contributed by atoms with Gasteiger partial charge in [-0.15, -0.1) is 17.9 Å². The summed E-state index contributed by atoms with van der Waals surface area (Å²) in [6.45, 7) is 9.10. The lowest BCUT2D eigenvalue weighted by Crippen LogP contribution is -2.59. The van der Waals surface area contributed by atoms with Gasteiger partial charge >= 0.3 is 12.1 Å². The van der Waals surface area contributed by atoms with E-state index in [4.69, 9.17) is 19.2 Å². The molecule has 3 heterocycles. The summed E-state index contributed by atoms with van der Waals surface area (Å²) in [5.74, 6) is -1.53. The molecule has 0 radical (unpaired) electrons. The van der Waals surface area contributed by atoms with Crippen molar-refractivity contribution in [3.8, 4) is 22.9 Å². The number of benzene rings is 1. The van der Waals surface area contributed by atoms with Gasteiger partial charge in [-0.05, 0) is 62.0 Å². The van der Waals surface area contributed by atoms with Crippen molar-refractivity contribution in [2.24, 2.45) is 17.3 Å². The summed E-state index contributed by atoms with van der Waals surface area (Å²) in [5, 5.41) is 21.4. The number of rotatable bonds is 14. The number of carbonyl (C=O) groups is 5. The zero-order valence-corrected chi connectivity index (χ0v) is 34.2. The Balaban J connectivity index is 1.17. The molecule has 4 aliphatic rings. The van der Waals surface area contributed by atoms with Gasteiger partial charge in [-0.2, -0.15) is 0 Å². The zero-order chi connectivity index (χ0) is 41.4. The fourth-order valence-corrected chi connectivity index (χ4v) is 8.83. The van der Waals surface area contributed by atoms with E-state index in [0.29, 0.717) is 51.3 Å². The maximum atomic E-state index is 14.6. The van der Waals surface area contributed by atoms with E-state index in [1.807, 2.05) is 11.4 Å². The second-order valence-electron chi connectivity index (χ2n) is 17.0. The third-order valence-electron chi connectivity index (χ3n) is 11.8. The summed E-state index contributed by atoms with van der Waals surface area (Å²) < 4.78 is 17.7. The van der Waals surface area contributed by atoms with Crippen LogP contribution in [0.2, 0.25) is 0 Å². The van der Waals surface area contributed by atoms with Gasteiger partial charge in [0.1, 0.15) is 47.0 Å². The minimum atomic E-state index is -1.53. The number of pyridine rings is 1. The Labute approximate surface area is 341 Å². The molecule has 3 saturated carbocycles. The third-order valence-corrected chi connectivity index (χ3v) is 12.6. The normalized spacial score (nSPS) is 23.7. The van der Waals surface area contributed by atoms with Gasteiger partial charge in [0.05, 0.1) is 24.9 Å². The van der Waals surface area contributed by atoms with Gasteiger partial charge in [-0.25, -0.2) is 19.6 Å². The molecule has 4 amide bonds. The second kappa shape index (κ2) is 16.5.